The molecule has 1 fully saturated rings. The molecule has 1 aromatic heterocycles. The zero-order chi connectivity index (χ0) is 14.6. The molecule has 0 aliphatic carbocycles. The molecule has 20 heavy (non-hydrogen) atoms. The smallest absolute Gasteiger partial charge is 0.0118 e. The van der Waals surface area contributed by atoms with Crippen molar-refractivity contribution < 1.29 is 0 Å². The molecule has 1 N–H and O–H groups in total. The van der Waals surface area contributed by atoms with E-state index < -0.39 is 0 Å². The number of rotatable bonds is 6. The van der Waals surface area contributed by atoms with Crippen molar-refractivity contribution in [1.29, 1.82) is 0 Å². The summed E-state index contributed by atoms with van der Waals surface area (Å²) >= 11 is 1.89. The number of nitrogens with one attached hydrogen (secondary N) is 1. The lowest BCUT2D eigenvalue weighted by molar-refractivity contribution is 0.113. The van der Waals surface area contributed by atoms with Gasteiger partial charge in [-0.2, -0.15) is 0 Å². The van der Waals surface area contributed by atoms with Crippen LogP contribution in [0.1, 0.15) is 51.8 Å². The third-order valence-electron chi connectivity index (χ3n) is 4.48. The summed E-state index contributed by atoms with van der Waals surface area (Å²) in [6.07, 6.45) is 3.82. The zero-order valence-electron chi connectivity index (χ0n) is 13.5. The first kappa shape index (κ1) is 16.0. The summed E-state index contributed by atoms with van der Waals surface area (Å²) in [5.41, 5.74) is 0.270. The van der Waals surface area contributed by atoms with Crippen LogP contribution in [0, 0.1) is 0 Å². The van der Waals surface area contributed by atoms with Crippen molar-refractivity contribution in [3.05, 3.63) is 22.4 Å². The van der Waals surface area contributed by atoms with E-state index in [1.165, 1.54) is 37.2 Å². The highest BCUT2D eigenvalue weighted by atomic mass is 32.1. The predicted molar refractivity (Wildman–Crippen MR) is 89.7 cm³/mol. The molecule has 0 bridgehead atoms. The highest BCUT2D eigenvalue weighted by Gasteiger charge is 2.31. The first-order valence-electron chi connectivity index (χ1n) is 8.04. The molecule has 2 heterocycles. The molecule has 1 aliphatic heterocycles. The van der Waals surface area contributed by atoms with Gasteiger partial charge < -0.3 is 5.32 Å². The summed E-state index contributed by atoms with van der Waals surface area (Å²) in [5, 5.41) is 5.88. The van der Waals surface area contributed by atoms with E-state index in [1.807, 2.05) is 11.3 Å². The van der Waals surface area contributed by atoms with Crippen molar-refractivity contribution in [3.63, 3.8) is 0 Å². The number of likely N-dealkylation sites (tertiary alicyclic amines) is 1. The van der Waals surface area contributed by atoms with Crippen LogP contribution in [0.25, 0.3) is 0 Å². The molecular weight excluding hydrogens is 264 g/mol. The second-order valence-electron chi connectivity index (χ2n) is 6.86. The Hall–Kier alpha value is -0.380. The molecule has 0 saturated carbocycles. The molecule has 0 amide bonds. The third kappa shape index (κ3) is 4.06. The molecule has 1 aliphatic rings. The van der Waals surface area contributed by atoms with E-state index in [0.717, 1.165) is 12.6 Å². The van der Waals surface area contributed by atoms with Crippen LogP contribution in [-0.4, -0.2) is 36.6 Å². The molecule has 1 aromatic rings. The van der Waals surface area contributed by atoms with Gasteiger partial charge in [0.2, 0.25) is 0 Å². The number of thiophene rings is 1. The van der Waals surface area contributed by atoms with Gasteiger partial charge in [-0.1, -0.05) is 26.8 Å². The Bertz CT molecular complexity index is 386. The molecule has 2 atom stereocenters. The Balaban J connectivity index is 1.88. The Morgan fingerprint density at radius 2 is 2.25 bits per heavy atom. The standard InChI is InChI=1S/C17H30N2S/c1-5-9-18-15-8-10-19(14(2)12-15)13-17(3,4)16-7-6-11-20-16/h6-7,11,14-15,18H,5,8-10,12-13H2,1-4H3. The highest BCUT2D eigenvalue weighted by molar-refractivity contribution is 7.10. The van der Waals surface area contributed by atoms with Crippen molar-refractivity contribution >= 4 is 11.3 Å². The number of hydrogen-bond acceptors (Lipinski definition) is 3. The Labute approximate surface area is 128 Å². The van der Waals surface area contributed by atoms with E-state index in [-0.39, 0.29) is 5.41 Å². The normalized spacial score (nSPS) is 25.0. The quantitative estimate of drug-likeness (QED) is 0.856. The summed E-state index contributed by atoms with van der Waals surface area (Å²) in [5.74, 6) is 0. The van der Waals surface area contributed by atoms with Gasteiger partial charge in [-0.3, -0.25) is 4.90 Å². The van der Waals surface area contributed by atoms with Crippen LogP contribution in [0.15, 0.2) is 17.5 Å². The summed E-state index contributed by atoms with van der Waals surface area (Å²) in [6, 6.07) is 5.88. The van der Waals surface area contributed by atoms with Crippen molar-refractivity contribution in [1.82, 2.24) is 10.2 Å². The number of piperidine rings is 1. The van der Waals surface area contributed by atoms with Crippen molar-refractivity contribution in [2.24, 2.45) is 0 Å². The first-order valence-corrected chi connectivity index (χ1v) is 8.92. The molecule has 3 heteroatoms. The van der Waals surface area contributed by atoms with Crippen LogP contribution < -0.4 is 5.32 Å². The van der Waals surface area contributed by atoms with Gasteiger partial charge in [-0.05, 0) is 50.7 Å². The summed E-state index contributed by atoms with van der Waals surface area (Å²) in [6.45, 7) is 13.0. The zero-order valence-corrected chi connectivity index (χ0v) is 14.3. The summed E-state index contributed by atoms with van der Waals surface area (Å²) < 4.78 is 0. The van der Waals surface area contributed by atoms with Crippen LogP contribution in [0.2, 0.25) is 0 Å². The van der Waals surface area contributed by atoms with Crippen LogP contribution >= 0.6 is 11.3 Å². The van der Waals surface area contributed by atoms with Gasteiger partial charge in [0.05, 0.1) is 0 Å². The van der Waals surface area contributed by atoms with Crippen molar-refractivity contribution in [2.45, 2.75) is 64.5 Å². The maximum atomic E-state index is 3.69. The Morgan fingerprint density at radius 1 is 1.45 bits per heavy atom. The average molecular weight is 295 g/mol. The van der Waals surface area contributed by atoms with Gasteiger partial charge in [0, 0.05) is 28.9 Å². The maximum Gasteiger partial charge on any atom is 0.0118 e. The van der Waals surface area contributed by atoms with Gasteiger partial charge in [-0.25, -0.2) is 0 Å². The molecule has 2 rings (SSSR count). The lowest BCUT2D eigenvalue weighted by Gasteiger charge is -2.42. The van der Waals surface area contributed by atoms with Gasteiger partial charge in [-0.15, -0.1) is 11.3 Å². The monoisotopic (exact) mass is 294 g/mol. The SMILES string of the molecule is CCCNC1CCN(CC(C)(C)c2cccs2)C(C)C1. The molecule has 0 aromatic carbocycles. The van der Waals surface area contributed by atoms with Gasteiger partial charge in [0.1, 0.15) is 0 Å². The van der Waals surface area contributed by atoms with E-state index in [4.69, 9.17) is 0 Å². The summed E-state index contributed by atoms with van der Waals surface area (Å²) in [4.78, 5) is 4.19. The Kier molecular flexibility index (Phi) is 5.65. The second-order valence-corrected chi connectivity index (χ2v) is 7.80. The topological polar surface area (TPSA) is 15.3 Å². The van der Waals surface area contributed by atoms with Gasteiger partial charge >= 0.3 is 0 Å². The van der Waals surface area contributed by atoms with Gasteiger partial charge in [0.25, 0.3) is 0 Å². The second kappa shape index (κ2) is 7.06. The van der Waals surface area contributed by atoms with Crippen molar-refractivity contribution in [3.8, 4) is 0 Å². The van der Waals surface area contributed by atoms with Gasteiger partial charge in [0.15, 0.2) is 0 Å². The lowest BCUT2D eigenvalue weighted by atomic mass is 9.88. The van der Waals surface area contributed by atoms with E-state index >= 15 is 0 Å². The van der Waals surface area contributed by atoms with E-state index in [0.29, 0.717) is 6.04 Å². The minimum Gasteiger partial charge on any atom is -0.314 e. The highest BCUT2D eigenvalue weighted by Crippen LogP contribution is 2.30. The fourth-order valence-corrected chi connectivity index (χ4v) is 4.08. The van der Waals surface area contributed by atoms with Crippen LogP contribution in [-0.2, 0) is 5.41 Å². The Morgan fingerprint density at radius 3 is 2.85 bits per heavy atom. The minimum absolute atomic E-state index is 0.270. The van der Waals surface area contributed by atoms with Crippen molar-refractivity contribution in [2.75, 3.05) is 19.6 Å². The minimum atomic E-state index is 0.270. The number of hydrogen-bond donors (Lipinski definition) is 1. The maximum absolute atomic E-state index is 3.69. The molecular formula is C17H30N2S. The van der Waals surface area contributed by atoms with Crippen LogP contribution in [0.5, 0.6) is 0 Å². The fourth-order valence-electron chi connectivity index (χ4n) is 3.24. The lowest BCUT2D eigenvalue weighted by Crippen LogP contribution is -2.50. The molecule has 2 unspecified atom stereocenters. The molecule has 0 spiro atoms. The van der Waals surface area contributed by atoms with E-state index in [2.05, 4.69) is 55.4 Å². The largest absolute Gasteiger partial charge is 0.314 e. The summed E-state index contributed by atoms with van der Waals surface area (Å²) in [7, 11) is 0. The third-order valence-corrected chi connectivity index (χ3v) is 5.72. The van der Waals surface area contributed by atoms with Crippen LogP contribution in [0.4, 0.5) is 0 Å². The molecule has 1 saturated heterocycles. The first-order chi connectivity index (χ1) is 9.53. The molecule has 2 nitrogen and oxygen atoms in total. The fraction of sp³-hybridized carbons (Fsp3) is 0.765. The number of nitrogens with zero attached hydrogens (tertiary/aromatic N) is 1. The van der Waals surface area contributed by atoms with Crippen LogP contribution in [0.3, 0.4) is 0 Å². The van der Waals surface area contributed by atoms with E-state index in [1.54, 1.807) is 0 Å². The van der Waals surface area contributed by atoms with E-state index in [9.17, 15) is 0 Å². The predicted octanol–water partition coefficient (Wildman–Crippen LogP) is 3.88. The average Bonchev–Trinajstić information content (AvgIpc) is 2.94. The molecule has 114 valence electrons. The molecule has 0 radical (unpaired) electrons.